The number of rotatable bonds is 24. The van der Waals surface area contributed by atoms with E-state index in [0.717, 1.165) is 128 Å². The Morgan fingerprint density at radius 2 is 0.862 bits per heavy atom. The third kappa shape index (κ3) is 23.7. The standard InChI is InChI=1S/C41H57BN4O7.C28H42B2N2O5.C19H27IN2O4/c1-11-33(42-52-40(5,6)41(7,8)53-42)37(30-19-22-34-31(27-30)28-43-46(34)36-16-12-13-25-50-36)29-17-20-32(21-18-29)49-26-24-45(38(48)51-39(2,3)4)23-14-15-35(47)44(9)10;1-10-21(29-34-25(2,3)26(4,5)35-29)24(30-36-27(6,7)28(8,9)37-30)19-14-15-22-20(17-19)18-31-32(22)23-13-11-12-16-33-23;1-19(2,3)26-18(24)22(12-6-7-17(23)21(4)5)13-14-25-16-10-8-15(20)9-11-16/h14-15,17-22,27-28,36H,11-13,16,23-26H2,1-10H3;14-15,17-18,23H,10-13,16H2,1-9H3;6-11H,12-14H2,1-5H3/b15-14+,37-33+;24-21-;7-6+. The molecule has 24 nitrogen and oxygen atoms in total. The Labute approximate surface area is 703 Å². The molecule has 5 aliphatic heterocycles. The van der Waals surface area contributed by atoms with Crippen LogP contribution in [-0.4, -0.2) is 210 Å². The minimum Gasteiger partial charge on any atom is -0.492 e. The zero-order valence-corrected chi connectivity index (χ0v) is 75.4. The van der Waals surface area contributed by atoms with E-state index in [1.54, 1.807) is 40.3 Å². The first-order valence-corrected chi connectivity index (χ1v) is 42.0. The fraction of sp³-hybridized carbons (Fsp3) is 0.568. The number of aromatic nitrogens is 4. The van der Waals surface area contributed by atoms with Crippen molar-refractivity contribution in [2.45, 2.75) is 247 Å². The summed E-state index contributed by atoms with van der Waals surface area (Å²) < 4.78 is 79.6. The van der Waals surface area contributed by atoms with Gasteiger partial charge in [0.2, 0.25) is 11.8 Å². The van der Waals surface area contributed by atoms with E-state index < -0.39 is 78.4 Å². The molecule has 5 fully saturated rings. The molecule has 0 saturated carbocycles. The summed E-state index contributed by atoms with van der Waals surface area (Å²) in [7, 11) is 5.15. The maximum atomic E-state index is 13.0. The first-order valence-electron chi connectivity index (χ1n) is 40.9. The predicted octanol–water partition coefficient (Wildman–Crippen LogP) is 17.6. The van der Waals surface area contributed by atoms with E-state index in [2.05, 4.69) is 168 Å². The van der Waals surface area contributed by atoms with Crippen molar-refractivity contribution in [1.29, 1.82) is 0 Å². The number of fused-ring (bicyclic) bond motifs is 2. The molecule has 4 amide bonds. The number of allylic oxidation sites excluding steroid dienone is 2. The topological polar surface area (TPSA) is 228 Å². The Hall–Kier alpha value is -7.54. The summed E-state index contributed by atoms with van der Waals surface area (Å²) in [5.74, 6) is 1.11. The highest BCUT2D eigenvalue weighted by molar-refractivity contribution is 14.1. The minimum atomic E-state index is -0.660. The molecule has 0 N–H and O–H groups in total. The minimum absolute atomic E-state index is 0.00818. The first-order chi connectivity index (χ1) is 54.3. The zero-order valence-electron chi connectivity index (χ0n) is 73.2. The van der Waals surface area contributed by atoms with Crippen LogP contribution < -0.4 is 9.47 Å². The fourth-order valence-corrected chi connectivity index (χ4v) is 13.8. The quantitative estimate of drug-likeness (QED) is 0.0312. The predicted molar refractivity (Wildman–Crippen MR) is 467 cm³/mol. The number of hydrogen-bond donors (Lipinski definition) is 0. The molecule has 6 aromatic rings. The Morgan fingerprint density at radius 1 is 0.500 bits per heavy atom. The molecule has 0 aliphatic carbocycles. The molecule has 630 valence electrons. The maximum absolute atomic E-state index is 13.0. The molecular weight excluding hydrogens is 1580 g/mol. The smallest absolute Gasteiger partial charge is 0.492 e. The van der Waals surface area contributed by atoms with Crippen LogP contribution in [0.3, 0.4) is 0 Å². The van der Waals surface area contributed by atoms with Gasteiger partial charge in [0, 0.05) is 81.0 Å². The van der Waals surface area contributed by atoms with Gasteiger partial charge in [-0.15, -0.1) is 0 Å². The van der Waals surface area contributed by atoms with Gasteiger partial charge in [0.15, 0.2) is 12.5 Å². The van der Waals surface area contributed by atoms with E-state index >= 15 is 0 Å². The molecule has 0 bridgehead atoms. The van der Waals surface area contributed by atoms with Crippen LogP contribution in [0.5, 0.6) is 11.5 Å². The van der Waals surface area contributed by atoms with Crippen LogP contribution >= 0.6 is 22.6 Å². The summed E-state index contributed by atoms with van der Waals surface area (Å²) in [5, 5.41) is 11.5. The lowest BCUT2D eigenvalue weighted by atomic mass is 9.61. The van der Waals surface area contributed by atoms with E-state index in [1.165, 1.54) is 31.8 Å². The number of carbonyl (C=O) groups is 4. The molecule has 5 saturated heterocycles. The Kier molecular flexibility index (Phi) is 30.8. The second kappa shape index (κ2) is 38.7. The van der Waals surface area contributed by atoms with Gasteiger partial charge in [-0.3, -0.25) is 9.59 Å². The first kappa shape index (κ1) is 92.3. The third-order valence-corrected chi connectivity index (χ3v) is 22.9. The van der Waals surface area contributed by atoms with E-state index in [-0.39, 0.29) is 50.5 Å². The maximum Gasteiger partial charge on any atom is 0.494 e. The number of halogens is 1. The molecule has 2 unspecified atom stereocenters. The summed E-state index contributed by atoms with van der Waals surface area (Å²) in [6, 6.07) is 28.6. The highest BCUT2D eigenvalue weighted by atomic mass is 127. The molecule has 116 heavy (non-hydrogen) atoms. The van der Waals surface area contributed by atoms with Crippen molar-refractivity contribution in [1.82, 2.24) is 39.2 Å². The molecule has 0 spiro atoms. The summed E-state index contributed by atoms with van der Waals surface area (Å²) in [6.45, 7) is 43.4. The molecule has 11 rings (SSSR count). The van der Waals surface area contributed by atoms with Crippen LogP contribution in [0.2, 0.25) is 0 Å². The summed E-state index contributed by atoms with van der Waals surface area (Å²) in [6.07, 6.45) is 17.0. The summed E-state index contributed by atoms with van der Waals surface area (Å²) >= 11 is 2.23. The van der Waals surface area contributed by atoms with Crippen molar-refractivity contribution in [2.24, 2.45) is 0 Å². The van der Waals surface area contributed by atoms with Crippen LogP contribution in [-0.2, 0) is 56.5 Å². The number of ether oxygens (including phenoxy) is 6. The average molecular weight is 1710 g/mol. The SMILES string of the molecule is CC/C(B1OC(C)(C)C(C)(C)O1)=C(/B1OC(C)(C)C(C)(C)O1)c1ccc2c(cnn2C2CCCCO2)c1.CC/C(B1OC(C)(C)C(C)(C)O1)=C(/c1ccc(OCCN(C/C=C/C(=O)N(C)C)C(=O)OC(C)(C)C)cc1)c1ccc2c(cnn2C2CCCCO2)c1.CN(C)C(=O)/C=C/CN(CCOc1ccc(I)cc1)C(=O)OC(C)(C)C. The molecule has 5 aliphatic rings. The van der Waals surface area contributed by atoms with Crippen molar-refractivity contribution in [3.05, 3.63) is 153 Å². The van der Waals surface area contributed by atoms with Crippen LogP contribution in [0.4, 0.5) is 9.59 Å². The highest BCUT2D eigenvalue weighted by Crippen LogP contribution is 2.47. The van der Waals surface area contributed by atoms with Crippen LogP contribution in [0.1, 0.15) is 219 Å². The van der Waals surface area contributed by atoms with E-state index in [4.69, 9.17) is 66.5 Å². The van der Waals surface area contributed by atoms with Crippen molar-refractivity contribution >= 4 is 101 Å². The van der Waals surface area contributed by atoms with Crippen molar-refractivity contribution < 1.29 is 75.5 Å². The van der Waals surface area contributed by atoms with Gasteiger partial charge in [-0.05, 0) is 298 Å². The van der Waals surface area contributed by atoms with Crippen molar-refractivity contribution in [3.8, 4) is 11.5 Å². The Morgan fingerprint density at radius 3 is 1.23 bits per heavy atom. The lowest BCUT2D eigenvalue weighted by Crippen LogP contribution is -2.41. The van der Waals surface area contributed by atoms with Crippen LogP contribution in [0, 0.1) is 3.57 Å². The number of benzene rings is 4. The van der Waals surface area contributed by atoms with Crippen LogP contribution in [0.25, 0.3) is 32.9 Å². The van der Waals surface area contributed by atoms with Gasteiger partial charge in [-0.1, -0.05) is 50.3 Å². The van der Waals surface area contributed by atoms with E-state index in [1.807, 2.05) is 99.7 Å². The lowest BCUT2D eigenvalue weighted by Gasteiger charge is -2.32. The number of hydrogen-bond acceptors (Lipinski definition) is 18. The van der Waals surface area contributed by atoms with E-state index in [0.29, 0.717) is 25.3 Å². The fourth-order valence-electron chi connectivity index (χ4n) is 13.4. The second-order valence-corrected chi connectivity index (χ2v) is 36.7. The second-order valence-electron chi connectivity index (χ2n) is 35.5. The highest BCUT2D eigenvalue weighted by Gasteiger charge is 2.57. The molecule has 28 heteroatoms. The molecule has 7 heterocycles. The van der Waals surface area contributed by atoms with Crippen molar-refractivity contribution in [2.75, 3.05) is 80.8 Å². The van der Waals surface area contributed by atoms with Gasteiger partial charge in [-0.2, -0.15) is 10.2 Å². The zero-order chi connectivity index (χ0) is 85.1. The van der Waals surface area contributed by atoms with E-state index in [9.17, 15) is 19.2 Å². The molecule has 2 atom stereocenters. The van der Waals surface area contributed by atoms with Gasteiger partial charge >= 0.3 is 33.5 Å². The number of amides is 4. The Balaban J connectivity index is 0.000000212. The number of carbonyl (C=O) groups excluding carboxylic acids is 4. The molecule has 4 aromatic carbocycles. The van der Waals surface area contributed by atoms with Gasteiger partial charge < -0.3 is 75.9 Å². The molecular formula is C88H126B3IN8O16. The van der Waals surface area contributed by atoms with Crippen molar-refractivity contribution in [3.63, 3.8) is 0 Å². The number of nitrogens with zero attached hydrogens (tertiary/aromatic N) is 8. The largest absolute Gasteiger partial charge is 0.494 e. The van der Waals surface area contributed by atoms with Gasteiger partial charge in [0.05, 0.1) is 70.1 Å². The van der Waals surface area contributed by atoms with Gasteiger partial charge in [0.1, 0.15) is 35.9 Å². The Bertz CT molecular complexity index is 4420. The molecule has 2 aromatic heterocycles. The van der Waals surface area contributed by atoms with Gasteiger partial charge in [-0.25, -0.2) is 19.0 Å². The summed E-state index contributed by atoms with van der Waals surface area (Å²) in [4.78, 5) is 55.0. The normalized spacial score (nSPS) is 19.9. The van der Waals surface area contributed by atoms with Crippen LogP contribution in [0.15, 0.2) is 133 Å². The lowest BCUT2D eigenvalue weighted by molar-refractivity contribution is -0.124. The third-order valence-electron chi connectivity index (χ3n) is 22.2. The summed E-state index contributed by atoms with van der Waals surface area (Å²) in [5.41, 5.74) is 5.23. The average Bonchev–Trinajstić information content (AvgIpc) is 1.59. The monoisotopic (exact) mass is 1710 g/mol. The molecule has 0 radical (unpaired) electrons. The van der Waals surface area contributed by atoms with Gasteiger partial charge in [0.25, 0.3) is 0 Å². The number of likely N-dealkylation sites (N-methyl/N-ethyl adjacent to an activating group) is 2.